The number of rotatable bonds is 3. The van der Waals surface area contributed by atoms with Gasteiger partial charge in [0.05, 0.1) is 0 Å². The zero-order valence-corrected chi connectivity index (χ0v) is 13.7. The standard InChI is InChI=1S/C18H20N2O.ClH/c1-13-5-3-4-6-16(13)12-20(2)18(21)15-7-8-17-14(11-15)9-10-19-17;/h3-8,11,19H,9-10,12H2,1-2H3;1H. The first kappa shape index (κ1) is 16.4. The van der Waals surface area contributed by atoms with Crippen LogP contribution in [0.2, 0.25) is 0 Å². The number of hydrogen-bond donors (Lipinski definition) is 1. The monoisotopic (exact) mass is 316 g/mol. The number of nitrogens with one attached hydrogen (secondary N) is 1. The molecule has 0 atom stereocenters. The van der Waals surface area contributed by atoms with Crippen molar-refractivity contribution in [3.63, 3.8) is 0 Å². The first-order valence-corrected chi connectivity index (χ1v) is 7.32. The Labute approximate surface area is 137 Å². The number of carbonyl (C=O) groups is 1. The summed E-state index contributed by atoms with van der Waals surface area (Å²) in [7, 11) is 1.86. The van der Waals surface area contributed by atoms with E-state index in [0.717, 1.165) is 24.2 Å². The normalized spacial score (nSPS) is 12.1. The lowest BCUT2D eigenvalue weighted by atomic mass is 10.1. The highest BCUT2D eigenvalue weighted by Crippen LogP contribution is 2.23. The van der Waals surface area contributed by atoms with Crippen molar-refractivity contribution in [1.82, 2.24) is 4.90 Å². The van der Waals surface area contributed by atoms with Crippen LogP contribution in [0.4, 0.5) is 5.69 Å². The van der Waals surface area contributed by atoms with Gasteiger partial charge >= 0.3 is 0 Å². The molecule has 3 rings (SSSR count). The molecule has 1 aliphatic rings. The molecule has 0 aromatic heterocycles. The molecule has 116 valence electrons. The topological polar surface area (TPSA) is 32.3 Å². The van der Waals surface area contributed by atoms with Crippen LogP contribution in [-0.4, -0.2) is 24.4 Å². The van der Waals surface area contributed by atoms with E-state index in [1.807, 2.05) is 37.4 Å². The Morgan fingerprint density at radius 1 is 1.23 bits per heavy atom. The van der Waals surface area contributed by atoms with Crippen molar-refractivity contribution < 1.29 is 4.79 Å². The van der Waals surface area contributed by atoms with Gasteiger partial charge in [-0.1, -0.05) is 24.3 Å². The predicted molar refractivity (Wildman–Crippen MR) is 92.9 cm³/mol. The van der Waals surface area contributed by atoms with Crippen molar-refractivity contribution in [2.75, 3.05) is 18.9 Å². The molecule has 2 aromatic rings. The van der Waals surface area contributed by atoms with E-state index in [1.54, 1.807) is 4.90 Å². The lowest BCUT2D eigenvalue weighted by molar-refractivity contribution is 0.0785. The molecule has 3 nitrogen and oxygen atoms in total. The molecule has 0 spiro atoms. The summed E-state index contributed by atoms with van der Waals surface area (Å²) in [6, 6.07) is 14.1. The molecule has 0 unspecified atom stereocenters. The van der Waals surface area contributed by atoms with Gasteiger partial charge in [-0.25, -0.2) is 0 Å². The number of nitrogens with zero attached hydrogens (tertiary/aromatic N) is 1. The zero-order chi connectivity index (χ0) is 14.8. The number of benzene rings is 2. The summed E-state index contributed by atoms with van der Waals surface area (Å²) in [5.74, 6) is 0.0768. The first-order valence-electron chi connectivity index (χ1n) is 7.32. The van der Waals surface area contributed by atoms with Gasteiger partial charge in [-0.05, 0) is 48.2 Å². The third kappa shape index (κ3) is 3.25. The van der Waals surface area contributed by atoms with E-state index in [1.165, 1.54) is 16.7 Å². The van der Waals surface area contributed by atoms with Crippen LogP contribution in [0.25, 0.3) is 0 Å². The minimum absolute atomic E-state index is 0. The molecule has 4 heteroatoms. The van der Waals surface area contributed by atoms with Crippen molar-refractivity contribution in [3.8, 4) is 0 Å². The molecule has 0 saturated carbocycles. The van der Waals surface area contributed by atoms with E-state index in [-0.39, 0.29) is 18.3 Å². The maximum absolute atomic E-state index is 12.6. The van der Waals surface area contributed by atoms with Gasteiger partial charge in [0.1, 0.15) is 0 Å². The van der Waals surface area contributed by atoms with Crippen molar-refractivity contribution in [2.45, 2.75) is 19.9 Å². The highest BCUT2D eigenvalue weighted by molar-refractivity contribution is 5.95. The lowest BCUT2D eigenvalue weighted by Gasteiger charge is -2.19. The fourth-order valence-corrected chi connectivity index (χ4v) is 2.77. The van der Waals surface area contributed by atoms with Gasteiger partial charge in [0.2, 0.25) is 0 Å². The number of anilines is 1. The van der Waals surface area contributed by atoms with Crippen molar-refractivity contribution in [1.29, 1.82) is 0 Å². The van der Waals surface area contributed by atoms with E-state index in [2.05, 4.69) is 24.4 Å². The molecule has 0 aliphatic carbocycles. The lowest BCUT2D eigenvalue weighted by Crippen LogP contribution is -2.26. The summed E-state index contributed by atoms with van der Waals surface area (Å²) in [5.41, 5.74) is 5.58. The number of amides is 1. The third-order valence-corrected chi connectivity index (χ3v) is 4.08. The van der Waals surface area contributed by atoms with Crippen LogP contribution in [0.3, 0.4) is 0 Å². The Bertz CT molecular complexity index is 685. The Hall–Kier alpha value is -2.00. The van der Waals surface area contributed by atoms with Crippen LogP contribution in [0.5, 0.6) is 0 Å². The molecule has 2 aromatic carbocycles. The van der Waals surface area contributed by atoms with Gasteiger partial charge in [-0.15, -0.1) is 12.4 Å². The van der Waals surface area contributed by atoms with Crippen molar-refractivity contribution >= 4 is 24.0 Å². The van der Waals surface area contributed by atoms with E-state index >= 15 is 0 Å². The summed E-state index contributed by atoms with van der Waals surface area (Å²) >= 11 is 0. The molecule has 0 fully saturated rings. The van der Waals surface area contributed by atoms with Gasteiger partial charge in [-0.2, -0.15) is 0 Å². The van der Waals surface area contributed by atoms with Crippen LogP contribution in [0.15, 0.2) is 42.5 Å². The Balaban J connectivity index is 0.00000176. The molecule has 1 amide bonds. The highest BCUT2D eigenvalue weighted by atomic mass is 35.5. The van der Waals surface area contributed by atoms with Gasteiger partial charge < -0.3 is 10.2 Å². The summed E-state index contributed by atoms with van der Waals surface area (Å²) in [5, 5.41) is 3.32. The number of aryl methyl sites for hydroxylation is 1. The van der Waals surface area contributed by atoms with E-state index in [4.69, 9.17) is 0 Å². The van der Waals surface area contributed by atoms with E-state index < -0.39 is 0 Å². The second-order valence-corrected chi connectivity index (χ2v) is 5.64. The first-order chi connectivity index (χ1) is 10.1. The fraction of sp³-hybridized carbons (Fsp3) is 0.278. The molecule has 1 N–H and O–H groups in total. The van der Waals surface area contributed by atoms with Gasteiger partial charge in [0.25, 0.3) is 5.91 Å². The zero-order valence-electron chi connectivity index (χ0n) is 12.9. The van der Waals surface area contributed by atoms with E-state index in [0.29, 0.717) is 6.54 Å². The molecule has 0 radical (unpaired) electrons. The number of halogens is 1. The smallest absolute Gasteiger partial charge is 0.253 e. The van der Waals surface area contributed by atoms with Gasteiger partial charge in [-0.3, -0.25) is 4.79 Å². The average Bonchev–Trinajstić information content (AvgIpc) is 2.96. The van der Waals surface area contributed by atoms with Crippen LogP contribution in [-0.2, 0) is 13.0 Å². The summed E-state index contributed by atoms with van der Waals surface area (Å²) in [6.07, 6.45) is 0.998. The number of hydrogen-bond acceptors (Lipinski definition) is 2. The predicted octanol–water partition coefficient (Wildman–Crippen LogP) is 3.66. The number of carbonyl (C=O) groups excluding carboxylic acids is 1. The molecular formula is C18H21ClN2O. The van der Waals surface area contributed by atoms with Crippen LogP contribution >= 0.6 is 12.4 Å². The van der Waals surface area contributed by atoms with Crippen LogP contribution in [0.1, 0.15) is 27.0 Å². The summed E-state index contributed by atoms with van der Waals surface area (Å²) in [4.78, 5) is 14.3. The number of fused-ring (bicyclic) bond motifs is 1. The van der Waals surface area contributed by atoms with Crippen molar-refractivity contribution in [3.05, 3.63) is 64.7 Å². The van der Waals surface area contributed by atoms with Crippen molar-refractivity contribution in [2.24, 2.45) is 0 Å². The molecular weight excluding hydrogens is 296 g/mol. The molecule has 22 heavy (non-hydrogen) atoms. The Kier molecular flexibility index (Phi) is 5.09. The largest absolute Gasteiger partial charge is 0.384 e. The minimum Gasteiger partial charge on any atom is -0.384 e. The highest BCUT2D eigenvalue weighted by Gasteiger charge is 2.16. The summed E-state index contributed by atoms with van der Waals surface area (Å²) in [6.45, 7) is 3.68. The third-order valence-electron chi connectivity index (χ3n) is 4.08. The Morgan fingerprint density at radius 3 is 2.77 bits per heavy atom. The van der Waals surface area contributed by atoms with Gasteiger partial charge in [0, 0.05) is 31.4 Å². The molecule has 1 heterocycles. The van der Waals surface area contributed by atoms with Gasteiger partial charge in [0.15, 0.2) is 0 Å². The average molecular weight is 317 g/mol. The maximum Gasteiger partial charge on any atom is 0.253 e. The summed E-state index contributed by atoms with van der Waals surface area (Å²) < 4.78 is 0. The SMILES string of the molecule is Cc1ccccc1CN(C)C(=O)c1ccc2c(c1)CCN2.Cl. The van der Waals surface area contributed by atoms with Crippen LogP contribution in [0, 0.1) is 6.92 Å². The minimum atomic E-state index is 0. The maximum atomic E-state index is 12.6. The van der Waals surface area contributed by atoms with E-state index in [9.17, 15) is 4.79 Å². The fourth-order valence-electron chi connectivity index (χ4n) is 2.77. The Morgan fingerprint density at radius 2 is 2.00 bits per heavy atom. The van der Waals surface area contributed by atoms with Crippen LogP contribution < -0.4 is 5.32 Å². The molecule has 1 aliphatic heterocycles. The molecule has 0 bridgehead atoms. The quantitative estimate of drug-likeness (QED) is 0.937. The second kappa shape index (κ2) is 6.84. The molecule has 0 saturated heterocycles. The second-order valence-electron chi connectivity index (χ2n) is 5.64.